The van der Waals surface area contributed by atoms with Gasteiger partial charge in [-0.05, 0) is 55.2 Å². The van der Waals surface area contributed by atoms with Crippen LogP contribution in [0.5, 0.6) is 11.5 Å². The molecule has 1 aliphatic heterocycles. The van der Waals surface area contributed by atoms with Crippen LogP contribution in [0.4, 0.5) is 4.39 Å². The van der Waals surface area contributed by atoms with Crippen molar-refractivity contribution in [3.8, 4) is 11.5 Å². The van der Waals surface area contributed by atoms with Crippen molar-refractivity contribution in [1.82, 2.24) is 9.80 Å². The van der Waals surface area contributed by atoms with E-state index in [1.54, 1.807) is 41.2 Å². The molecular formula is C26H31FN2O4. The summed E-state index contributed by atoms with van der Waals surface area (Å²) in [6.45, 7) is 2.69. The Labute approximate surface area is 194 Å². The average Bonchev–Trinajstić information content (AvgIpc) is 2.84. The number of nitrogens with zero attached hydrogens (tertiary/aromatic N) is 2. The van der Waals surface area contributed by atoms with E-state index in [0.717, 1.165) is 31.2 Å². The van der Waals surface area contributed by atoms with Gasteiger partial charge in [0.1, 0.15) is 18.4 Å². The molecule has 1 aliphatic carbocycles. The Morgan fingerprint density at radius 1 is 1.00 bits per heavy atom. The van der Waals surface area contributed by atoms with Crippen LogP contribution in [-0.2, 0) is 16.1 Å². The number of carbonyl (C=O) groups excluding carboxylic acids is 2. The lowest BCUT2D eigenvalue weighted by molar-refractivity contribution is -0.160. The van der Waals surface area contributed by atoms with Crippen molar-refractivity contribution in [3.63, 3.8) is 0 Å². The van der Waals surface area contributed by atoms with Crippen LogP contribution in [0, 0.1) is 5.82 Å². The van der Waals surface area contributed by atoms with Crippen molar-refractivity contribution in [2.24, 2.45) is 0 Å². The maximum absolute atomic E-state index is 13.8. The van der Waals surface area contributed by atoms with E-state index >= 15 is 0 Å². The van der Waals surface area contributed by atoms with Crippen molar-refractivity contribution in [1.29, 1.82) is 0 Å². The molecule has 0 aromatic heterocycles. The Balaban J connectivity index is 1.71. The first-order valence-electron chi connectivity index (χ1n) is 11.7. The highest BCUT2D eigenvalue weighted by Gasteiger charge is 2.43. The molecule has 2 amide bonds. The molecule has 1 heterocycles. The van der Waals surface area contributed by atoms with Crippen molar-refractivity contribution in [3.05, 3.63) is 59.4 Å². The number of halogens is 1. The Morgan fingerprint density at radius 2 is 1.73 bits per heavy atom. The van der Waals surface area contributed by atoms with Gasteiger partial charge < -0.3 is 19.3 Å². The summed E-state index contributed by atoms with van der Waals surface area (Å²) in [5.41, 5.74) is 1.45. The molecule has 0 N–H and O–H groups in total. The smallest absolute Gasteiger partial charge is 0.250 e. The number of hydrogen-bond acceptors (Lipinski definition) is 4. The number of hydrogen-bond donors (Lipinski definition) is 0. The number of amides is 2. The van der Waals surface area contributed by atoms with E-state index < -0.39 is 6.04 Å². The predicted octanol–water partition coefficient (Wildman–Crippen LogP) is 4.48. The summed E-state index contributed by atoms with van der Waals surface area (Å²) in [7, 11) is 1.56. The Bertz CT molecular complexity index is 988. The van der Waals surface area contributed by atoms with E-state index in [0.29, 0.717) is 23.7 Å². The van der Waals surface area contributed by atoms with E-state index in [-0.39, 0.29) is 36.8 Å². The summed E-state index contributed by atoms with van der Waals surface area (Å²) in [4.78, 5) is 30.6. The molecule has 6 nitrogen and oxygen atoms in total. The third kappa shape index (κ3) is 4.97. The van der Waals surface area contributed by atoms with Gasteiger partial charge in [0.2, 0.25) is 5.91 Å². The maximum atomic E-state index is 13.8. The number of piperazine rings is 1. The minimum absolute atomic E-state index is 0.0742. The Hall–Kier alpha value is -3.09. The molecule has 1 atom stereocenters. The van der Waals surface area contributed by atoms with Crippen LogP contribution in [-0.4, -0.2) is 47.9 Å². The number of ether oxygens (including phenoxy) is 2. The van der Waals surface area contributed by atoms with Crippen molar-refractivity contribution in [2.45, 2.75) is 57.7 Å². The average molecular weight is 455 g/mol. The molecule has 7 heteroatoms. The molecule has 2 aromatic carbocycles. The van der Waals surface area contributed by atoms with Crippen LogP contribution in [0.3, 0.4) is 0 Å². The molecule has 4 rings (SSSR count). The SMILES string of the molecule is CCOc1ccc([C@H]2C(=O)N(C3CCCCC3)CC(=O)N2Cc2ccc(F)cc2)cc1OC. The molecule has 2 fully saturated rings. The lowest BCUT2D eigenvalue weighted by Gasteiger charge is -2.44. The van der Waals surface area contributed by atoms with Gasteiger partial charge in [-0.3, -0.25) is 9.59 Å². The molecule has 1 saturated carbocycles. The lowest BCUT2D eigenvalue weighted by Crippen LogP contribution is -2.58. The van der Waals surface area contributed by atoms with Crippen LogP contribution < -0.4 is 9.47 Å². The first-order chi connectivity index (χ1) is 16.0. The quantitative estimate of drug-likeness (QED) is 0.619. The lowest BCUT2D eigenvalue weighted by atomic mass is 9.91. The topological polar surface area (TPSA) is 59.1 Å². The number of benzene rings is 2. The zero-order valence-electron chi connectivity index (χ0n) is 19.3. The van der Waals surface area contributed by atoms with Gasteiger partial charge in [0.15, 0.2) is 11.5 Å². The Morgan fingerprint density at radius 3 is 2.39 bits per heavy atom. The summed E-state index contributed by atoms with van der Waals surface area (Å²) in [6, 6.07) is 10.7. The highest BCUT2D eigenvalue weighted by molar-refractivity contribution is 5.96. The second-order valence-corrected chi connectivity index (χ2v) is 8.65. The highest BCUT2D eigenvalue weighted by Crippen LogP contribution is 2.37. The number of rotatable bonds is 7. The van der Waals surface area contributed by atoms with Gasteiger partial charge in [-0.25, -0.2) is 4.39 Å². The summed E-state index contributed by atoms with van der Waals surface area (Å²) in [5.74, 6) is 0.590. The standard InChI is InChI=1S/C26H31FN2O4/c1-3-33-22-14-11-19(15-23(22)32-2)25-26(31)28(21-7-5-4-6-8-21)17-24(30)29(25)16-18-9-12-20(27)13-10-18/h9-15,21,25H,3-8,16-17H2,1-2H3/t25-/m0/s1. The molecule has 2 aromatic rings. The summed E-state index contributed by atoms with van der Waals surface area (Å²) >= 11 is 0. The zero-order valence-corrected chi connectivity index (χ0v) is 19.3. The largest absolute Gasteiger partial charge is 0.493 e. The van der Waals surface area contributed by atoms with Crippen molar-refractivity contribution >= 4 is 11.8 Å². The van der Waals surface area contributed by atoms with Crippen molar-refractivity contribution in [2.75, 3.05) is 20.3 Å². The molecule has 176 valence electrons. The summed E-state index contributed by atoms with van der Waals surface area (Å²) < 4.78 is 24.6. The minimum Gasteiger partial charge on any atom is -0.493 e. The fourth-order valence-corrected chi connectivity index (χ4v) is 4.87. The molecule has 0 spiro atoms. The van der Waals surface area contributed by atoms with Gasteiger partial charge in [0.05, 0.1) is 13.7 Å². The van der Waals surface area contributed by atoms with Gasteiger partial charge >= 0.3 is 0 Å². The van der Waals surface area contributed by atoms with Gasteiger partial charge in [-0.1, -0.05) is 37.5 Å². The van der Waals surface area contributed by atoms with E-state index in [1.807, 2.05) is 13.0 Å². The van der Waals surface area contributed by atoms with Crippen LogP contribution in [0.25, 0.3) is 0 Å². The van der Waals surface area contributed by atoms with Gasteiger partial charge in [-0.2, -0.15) is 0 Å². The normalized spacial score (nSPS) is 19.7. The first-order valence-corrected chi connectivity index (χ1v) is 11.7. The monoisotopic (exact) mass is 454 g/mol. The molecule has 0 unspecified atom stereocenters. The van der Waals surface area contributed by atoms with E-state index in [2.05, 4.69) is 0 Å². The van der Waals surface area contributed by atoms with Gasteiger partial charge in [0, 0.05) is 12.6 Å². The third-order valence-electron chi connectivity index (χ3n) is 6.54. The van der Waals surface area contributed by atoms with E-state index in [9.17, 15) is 14.0 Å². The molecule has 1 saturated heterocycles. The van der Waals surface area contributed by atoms with E-state index in [1.165, 1.54) is 18.6 Å². The van der Waals surface area contributed by atoms with E-state index in [4.69, 9.17) is 9.47 Å². The predicted molar refractivity (Wildman–Crippen MR) is 122 cm³/mol. The Kier molecular flexibility index (Phi) is 7.16. The molecular weight excluding hydrogens is 423 g/mol. The molecule has 33 heavy (non-hydrogen) atoms. The van der Waals surface area contributed by atoms with Crippen LogP contribution in [0.1, 0.15) is 56.2 Å². The third-order valence-corrected chi connectivity index (χ3v) is 6.54. The maximum Gasteiger partial charge on any atom is 0.250 e. The first kappa shape index (κ1) is 23.1. The van der Waals surface area contributed by atoms with Crippen LogP contribution in [0.2, 0.25) is 0 Å². The van der Waals surface area contributed by atoms with Gasteiger partial charge in [0.25, 0.3) is 5.91 Å². The second kappa shape index (κ2) is 10.2. The highest BCUT2D eigenvalue weighted by atomic mass is 19.1. The summed E-state index contributed by atoms with van der Waals surface area (Å²) in [6.07, 6.45) is 5.17. The van der Waals surface area contributed by atoms with Crippen LogP contribution >= 0.6 is 0 Å². The number of carbonyl (C=O) groups is 2. The van der Waals surface area contributed by atoms with Crippen molar-refractivity contribution < 1.29 is 23.5 Å². The molecule has 0 bridgehead atoms. The molecule has 2 aliphatic rings. The fraction of sp³-hybridized carbons (Fsp3) is 0.462. The zero-order chi connectivity index (χ0) is 23.4. The van der Waals surface area contributed by atoms with Gasteiger partial charge in [-0.15, -0.1) is 0 Å². The summed E-state index contributed by atoms with van der Waals surface area (Å²) in [5, 5.41) is 0. The number of methoxy groups -OCH3 is 1. The second-order valence-electron chi connectivity index (χ2n) is 8.65. The fourth-order valence-electron chi connectivity index (χ4n) is 4.87. The molecule has 0 radical (unpaired) electrons. The minimum atomic E-state index is -0.775. The van der Waals surface area contributed by atoms with Crippen LogP contribution in [0.15, 0.2) is 42.5 Å².